The van der Waals surface area contributed by atoms with E-state index < -0.39 is 5.41 Å². The Bertz CT molecular complexity index is 4100. The van der Waals surface area contributed by atoms with Crippen LogP contribution in [0.2, 0.25) is 0 Å². The molecule has 0 bridgehead atoms. The third-order valence-corrected chi connectivity index (χ3v) is 16.2. The molecule has 0 radical (unpaired) electrons. The fraction of sp³-hybridized carbons (Fsp3) is 0.0588. The van der Waals surface area contributed by atoms with Crippen molar-refractivity contribution in [2.45, 2.75) is 24.7 Å². The Morgan fingerprint density at radius 2 is 0.696 bits per heavy atom. The largest absolute Gasteiger partial charge is 0.310 e. The summed E-state index contributed by atoms with van der Waals surface area (Å²) >= 11 is 0. The van der Waals surface area contributed by atoms with Gasteiger partial charge in [0, 0.05) is 22.4 Å². The van der Waals surface area contributed by atoms with E-state index in [2.05, 4.69) is 255 Å². The lowest BCUT2D eigenvalue weighted by Crippen LogP contribution is -2.26. The van der Waals surface area contributed by atoms with Crippen molar-refractivity contribution in [1.82, 2.24) is 0 Å². The molecule has 12 aromatic rings. The summed E-state index contributed by atoms with van der Waals surface area (Å²) in [5.41, 5.74) is 21.0. The van der Waals surface area contributed by atoms with E-state index in [0.29, 0.717) is 0 Å². The average Bonchev–Trinajstić information content (AvgIpc) is 3.96. The van der Waals surface area contributed by atoms with Gasteiger partial charge in [0.2, 0.25) is 0 Å². The fourth-order valence-electron chi connectivity index (χ4n) is 13.3. The summed E-state index contributed by atoms with van der Waals surface area (Å²) < 4.78 is 0. The molecule has 15 rings (SSSR count). The lowest BCUT2D eigenvalue weighted by atomic mass is 9.70. The monoisotopic (exact) mass is 875 g/mol. The van der Waals surface area contributed by atoms with Gasteiger partial charge in [-0.05, 0) is 152 Å². The summed E-state index contributed by atoms with van der Waals surface area (Å²) in [7, 11) is 0. The highest BCUT2D eigenvalue weighted by Crippen LogP contribution is 2.64. The molecule has 0 N–H and O–H groups in total. The van der Waals surface area contributed by atoms with Gasteiger partial charge in [0.15, 0.2) is 0 Å². The van der Waals surface area contributed by atoms with E-state index in [1.54, 1.807) is 0 Å². The number of nitrogens with zero attached hydrogens (tertiary/aromatic N) is 1. The molecule has 12 aromatic carbocycles. The topological polar surface area (TPSA) is 3.24 Å². The summed E-state index contributed by atoms with van der Waals surface area (Å²) in [6.45, 7) is 4.79. The van der Waals surface area contributed by atoms with Crippen LogP contribution in [0, 0.1) is 0 Å². The van der Waals surface area contributed by atoms with Crippen molar-refractivity contribution in [3.63, 3.8) is 0 Å². The molecule has 3 aliphatic carbocycles. The Balaban J connectivity index is 1.10. The number of hydrogen-bond acceptors (Lipinski definition) is 1. The Morgan fingerprint density at radius 1 is 0.261 bits per heavy atom. The Labute approximate surface area is 402 Å². The van der Waals surface area contributed by atoms with Crippen LogP contribution in [-0.4, -0.2) is 0 Å². The van der Waals surface area contributed by atoms with E-state index >= 15 is 0 Å². The predicted octanol–water partition coefficient (Wildman–Crippen LogP) is 18.1. The molecule has 1 nitrogen and oxygen atoms in total. The number of anilines is 3. The molecule has 0 unspecified atom stereocenters. The van der Waals surface area contributed by atoms with Crippen LogP contribution in [0.3, 0.4) is 0 Å². The van der Waals surface area contributed by atoms with Gasteiger partial charge in [-0.2, -0.15) is 0 Å². The zero-order chi connectivity index (χ0) is 45.6. The first-order valence-corrected chi connectivity index (χ1v) is 24.3. The van der Waals surface area contributed by atoms with Crippen LogP contribution in [0.25, 0.3) is 87.6 Å². The first kappa shape index (κ1) is 38.6. The molecule has 0 amide bonds. The standard InChI is InChI=1S/C68H45N/c1-67(2)60-30-13-9-25-52(60)56-37-35-44(39-64(56)67)69(43-34-36-51-49-23-6-5-21-47(49)48-22-7-8-24-50(48)57(51)38-43)66-41-65-58(40-59(66)46-29-17-19-42-18-3-4-20-45(42)46)55-28-12-16-33-63(55)68(65)61-31-14-10-26-53(61)54-27-11-15-32-62(54)68/h3-41H,1-2H3. The van der Waals surface area contributed by atoms with Crippen LogP contribution in [-0.2, 0) is 10.8 Å². The molecule has 0 aromatic heterocycles. The lowest BCUT2D eigenvalue weighted by molar-refractivity contribution is 0.660. The van der Waals surface area contributed by atoms with Gasteiger partial charge < -0.3 is 4.90 Å². The minimum atomic E-state index is -0.517. The summed E-state index contributed by atoms with van der Waals surface area (Å²) in [4.78, 5) is 2.60. The van der Waals surface area contributed by atoms with Crippen molar-refractivity contribution in [3.05, 3.63) is 270 Å². The Hall–Kier alpha value is -8.52. The highest BCUT2D eigenvalue weighted by molar-refractivity contribution is 6.26. The second-order valence-electron chi connectivity index (χ2n) is 19.9. The molecule has 0 atom stereocenters. The van der Waals surface area contributed by atoms with Gasteiger partial charge in [-0.15, -0.1) is 0 Å². The second kappa shape index (κ2) is 14.0. The molecule has 3 aliphatic rings. The summed E-state index contributed by atoms with van der Waals surface area (Å²) in [5.74, 6) is 0. The summed E-state index contributed by atoms with van der Waals surface area (Å²) in [5, 5.41) is 10.1. The minimum Gasteiger partial charge on any atom is -0.310 e. The third-order valence-electron chi connectivity index (χ3n) is 16.2. The molecule has 0 saturated carbocycles. The minimum absolute atomic E-state index is 0.189. The number of rotatable bonds is 4. The number of benzene rings is 12. The molecule has 0 heterocycles. The van der Waals surface area contributed by atoms with Crippen molar-refractivity contribution in [3.8, 4) is 44.5 Å². The normalized spacial score (nSPS) is 14.2. The van der Waals surface area contributed by atoms with Crippen molar-refractivity contribution in [2.75, 3.05) is 4.90 Å². The maximum absolute atomic E-state index is 2.60. The van der Waals surface area contributed by atoms with Crippen molar-refractivity contribution in [2.24, 2.45) is 0 Å². The van der Waals surface area contributed by atoms with E-state index in [1.807, 2.05) is 0 Å². The van der Waals surface area contributed by atoms with Crippen LogP contribution in [0.4, 0.5) is 17.1 Å². The maximum atomic E-state index is 2.60. The second-order valence-corrected chi connectivity index (χ2v) is 19.9. The Morgan fingerprint density at radius 3 is 1.33 bits per heavy atom. The Kier molecular flexibility index (Phi) is 7.83. The number of hydrogen-bond donors (Lipinski definition) is 0. The zero-order valence-electron chi connectivity index (χ0n) is 38.5. The molecule has 69 heavy (non-hydrogen) atoms. The van der Waals surface area contributed by atoms with E-state index in [1.165, 1.54) is 121 Å². The van der Waals surface area contributed by atoms with E-state index in [-0.39, 0.29) is 5.41 Å². The van der Waals surface area contributed by atoms with Crippen molar-refractivity contribution >= 4 is 60.2 Å². The van der Waals surface area contributed by atoms with Gasteiger partial charge >= 0.3 is 0 Å². The SMILES string of the molecule is CC1(C)c2ccccc2-c2ccc(N(c3ccc4c5ccccc5c5ccccc5c4c3)c3cc4c(cc3-c3cccc5ccccc35)-c3ccccc3C43c4ccccc4-c4ccccc43)cc21. The first-order valence-electron chi connectivity index (χ1n) is 24.3. The average molecular weight is 876 g/mol. The highest BCUT2D eigenvalue weighted by Gasteiger charge is 2.52. The van der Waals surface area contributed by atoms with Gasteiger partial charge in [0.05, 0.1) is 11.1 Å². The van der Waals surface area contributed by atoms with Gasteiger partial charge in [-0.1, -0.05) is 214 Å². The maximum Gasteiger partial charge on any atom is 0.0726 e. The molecular weight excluding hydrogens is 831 g/mol. The molecule has 0 aliphatic heterocycles. The van der Waals surface area contributed by atoms with Crippen LogP contribution in [0.5, 0.6) is 0 Å². The van der Waals surface area contributed by atoms with E-state index in [0.717, 1.165) is 17.1 Å². The van der Waals surface area contributed by atoms with E-state index in [4.69, 9.17) is 0 Å². The predicted molar refractivity (Wildman–Crippen MR) is 290 cm³/mol. The van der Waals surface area contributed by atoms with Crippen LogP contribution in [0.15, 0.2) is 237 Å². The first-order chi connectivity index (χ1) is 34.0. The molecule has 1 heteroatoms. The fourth-order valence-corrected chi connectivity index (χ4v) is 13.3. The van der Waals surface area contributed by atoms with Gasteiger partial charge in [0.25, 0.3) is 0 Å². The van der Waals surface area contributed by atoms with Gasteiger partial charge in [0.1, 0.15) is 0 Å². The lowest BCUT2D eigenvalue weighted by Gasteiger charge is -2.34. The van der Waals surface area contributed by atoms with Gasteiger partial charge in [-0.3, -0.25) is 0 Å². The molecular formula is C68H45N. The summed E-state index contributed by atoms with van der Waals surface area (Å²) in [6.07, 6.45) is 0. The molecule has 0 saturated heterocycles. The quantitative estimate of drug-likeness (QED) is 0.159. The van der Waals surface area contributed by atoms with Crippen LogP contribution >= 0.6 is 0 Å². The van der Waals surface area contributed by atoms with Gasteiger partial charge in [-0.25, -0.2) is 0 Å². The smallest absolute Gasteiger partial charge is 0.0726 e. The molecule has 1 spiro atoms. The molecule has 0 fully saturated rings. The summed E-state index contributed by atoms with van der Waals surface area (Å²) in [6, 6.07) is 89.7. The van der Waals surface area contributed by atoms with Crippen LogP contribution < -0.4 is 4.90 Å². The zero-order valence-corrected chi connectivity index (χ0v) is 38.5. The van der Waals surface area contributed by atoms with Crippen molar-refractivity contribution in [1.29, 1.82) is 0 Å². The number of fused-ring (bicyclic) bond motifs is 20. The highest BCUT2D eigenvalue weighted by atomic mass is 15.1. The van der Waals surface area contributed by atoms with Crippen LogP contribution in [0.1, 0.15) is 47.2 Å². The molecule has 322 valence electrons. The van der Waals surface area contributed by atoms with Crippen molar-refractivity contribution < 1.29 is 0 Å². The third kappa shape index (κ3) is 5.09. The van der Waals surface area contributed by atoms with E-state index in [9.17, 15) is 0 Å².